The van der Waals surface area contributed by atoms with Gasteiger partial charge in [0.2, 0.25) is 0 Å². The van der Waals surface area contributed by atoms with Crippen LogP contribution in [-0.4, -0.2) is 19.2 Å². The molecule has 1 aromatic heterocycles. The van der Waals surface area contributed by atoms with Crippen molar-refractivity contribution in [1.82, 2.24) is 5.32 Å². The molecular weight excluding hydrogens is 266 g/mol. The van der Waals surface area contributed by atoms with Crippen molar-refractivity contribution in [2.24, 2.45) is 5.92 Å². The molecule has 0 aromatic carbocycles. The van der Waals surface area contributed by atoms with E-state index in [4.69, 9.17) is 16.3 Å². The van der Waals surface area contributed by atoms with E-state index in [9.17, 15) is 0 Å². The number of halogens is 1. The number of rotatable bonds is 1. The smallest absolute Gasteiger partial charge is 0.105 e. The first-order valence-electron chi connectivity index (χ1n) is 6.93. The first-order valence-corrected chi connectivity index (χ1v) is 8.12. The quantitative estimate of drug-likeness (QED) is 0.854. The van der Waals surface area contributed by atoms with Crippen molar-refractivity contribution < 1.29 is 4.74 Å². The van der Waals surface area contributed by atoms with Gasteiger partial charge in [0.1, 0.15) is 5.60 Å². The number of nitrogens with one attached hydrogen (secondary N) is 1. The monoisotopic (exact) mass is 283 g/mol. The molecule has 98 valence electrons. The van der Waals surface area contributed by atoms with E-state index in [0.717, 1.165) is 42.7 Å². The van der Waals surface area contributed by atoms with Crippen LogP contribution in [0, 0.1) is 5.92 Å². The largest absolute Gasteiger partial charge is 0.369 e. The molecule has 1 spiro atoms. The van der Waals surface area contributed by atoms with Gasteiger partial charge >= 0.3 is 0 Å². The van der Waals surface area contributed by atoms with Gasteiger partial charge in [0.15, 0.2) is 0 Å². The molecule has 1 N–H and O–H groups in total. The number of fused-ring (bicyclic) bond motifs is 2. The van der Waals surface area contributed by atoms with E-state index in [-0.39, 0.29) is 5.60 Å². The Morgan fingerprint density at radius 1 is 1.44 bits per heavy atom. The molecule has 18 heavy (non-hydrogen) atoms. The Morgan fingerprint density at radius 2 is 2.33 bits per heavy atom. The van der Waals surface area contributed by atoms with E-state index in [1.54, 1.807) is 11.3 Å². The summed E-state index contributed by atoms with van der Waals surface area (Å²) in [5.41, 5.74) is 1.41. The lowest BCUT2D eigenvalue weighted by Gasteiger charge is -2.43. The molecule has 4 heteroatoms. The van der Waals surface area contributed by atoms with E-state index in [1.807, 2.05) is 0 Å². The number of hydrogen-bond donors (Lipinski definition) is 1. The van der Waals surface area contributed by atoms with Gasteiger partial charge in [0.25, 0.3) is 0 Å². The summed E-state index contributed by atoms with van der Waals surface area (Å²) in [7, 11) is 0. The van der Waals surface area contributed by atoms with Crippen LogP contribution in [0.4, 0.5) is 0 Å². The third-order valence-electron chi connectivity index (χ3n) is 4.62. The van der Waals surface area contributed by atoms with Crippen molar-refractivity contribution in [3.8, 4) is 0 Å². The van der Waals surface area contributed by atoms with Crippen LogP contribution in [0.15, 0.2) is 6.07 Å². The normalized spacial score (nSPS) is 35.7. The average molecular weight is 284 g/mol. The molecule has 1 saturated carbocycles. The minimum Gasteiger partial charge on any atom is -0.369 e. The molecule has 0 radical (unpaired) electrons. The highest BCUT2D eigenvalue weighted by Gasteiger charge is 2.46. The topological polar surface area (TPSA) is 21.3 Å². The van der Waals surface area contributed by atoms with Gasteiger partial charge in [-0.15, -0.1) is 11.3 Å². The fourth-order valence-corrected chi connectivity index (χ4v) is 5.03. The first kappa shape index (κ1) is 11.7. The van der Waals surface area contributed by atoms with E-state index in [2.05, 4.69) is 11.4 Å². The second-order valence-corrected chi connectivity index (χ2v) is 7.53. The molecule has 1 aliphatic carbocycles. The average Bonchev–Trinajstić information content (AvgIpc) is 3.13. The fourth-order valence-electron chi connectivity index (χ4n) is 3.55. The van der Waals surface area contributed by atoms with E-state index in [1.165, 1.54) is 23.3 Å². The fraction of sp³-hybridized carbons (Fsp3) is 0.714. The zero-order chi connectivity index (χ0) is 12.2. The molecule has 1 saturated heterocycles. The van der Waals surface area contributed by atoms with Crippen LogP contribution >= 0.6 is 22.9 Å². The maximum atomic E-state index is 6.27. The maximum absolute atomic E-state index is 6.27. The Kier molecular flexibility index (Phi) is 2.74. The lowest BCUT2D eigenvalue weighted by Crippen LogP contribution is -2.50. The Morgan fingerprint density at radius 3 is 3.17 bits per heavy atom. The van der Waals surface area contributed by atoms with Gasteiger partial charge in [-0.25, -0.2) is 0 Å². The highest BCUT2D eigenvalue weighted by molar-refractivity contribution is 7.16. The standard InChI is InChI=1S/C14H18ClNOS/c15-12-7-10-3-6-17-14(13(10)18-12)4-5-16-11(8-14)9-1-2-9/h7,9,11,16H,1-6,8H2. The Balaban J connectivity index is 1.69. The minimum absolute atomic E-state index is 0.0239. The zero-order valence-corrected chi connectivity index (χ0v) is 11.9. The number of ether oxygens (including phenoxy) is 1. The molecule has 2 fully saturated rings. The SMILES string of the molecule is Clc1cc2c(s1)C1(CCNC(C3CC3)C1)OCC2. The predicted molar refractivity (Wildman–Crippen MR) is 74.4 cm³/mol. The Bertz CT molecular complexity index is 470. The lowest BCUT2D eigenvalue weighted by atomic mass is 9.81. The summed E-state index contributed by atoms with van der Waals surface area (Å²) in [4.78, 5) is 1.42. The molecule has 2 nitrogen and oxygen atoms in total. The van der Waals surface area contributed by atoms with Crippen LogP contribution in [0.5, 0.6) is 0 Å². The van der Waals surface area contributed by atoms with E-state index < -0.39 is 0 Å². The second kappa shape index (κ2) is 4.20. The molecule has 2 atom stereocenters. The summed E-state index contributed by atoms with van der Waals surface area (Å²) in [6, 6.07) is 2.81. The van der Waals surface area contributed by atoms with Crippen LogP contribution in [0.1, 0.15) is 36.1 Å². The molecule has 4 rings (SSSR count). The third-order valence-corrected chi connectivity index (χ3v) is 6.11. The van der Waals surface area contributed by atoms with Gasteiger partial charge in [-0.3, -0.25) is 0 Å². The van der Waals surface area contributed by atoms with Crippen molar-refractivity contribution in [1.29, 1.82) is 0 Å². The van der Waals surface area contributed by atoms with Gasteiger partial charge in [-0.1, -0.05) is 11.6 Å². The highest BCUT2D eigenvalue weighted by atomic mass is 35.5. The van der Waals surface area contributed by atoms with E-state index in [0.29, 0.717) is 6.04 Å². The summed E-state index contributed by atoms with van der Waals surface area (Å²) in [5.74, 6) is 0.895. The summed E-state index contributed by atoms with van der Waals surface area (Å²) >= 11 is 7.95. The number of piperidine rings is 1. The van der Waals surface area contributed by atoms with Crippen molar-refractivity contribution >= 4 is 22.9 Å². The summed E-state index contributed by atoms with van der Waals surface area (Å²) in [6.07, 6.45) is 6.06. The number of thiophene rings is 1. The maximum Gasteiger partial charge on any atom is 0.105 e. The molecule has 0 amide bonds. The van der Waals surface area contributed by atoms with Gasteiger partial charge < -0.3 is 10.1 Å². The highest BCUT2D eigenvalue weighted by Crippen LogP contribution is 2.49. The minimum atomic E-state index is -0.0239. The Hall–Kier alpha value is -0.0900. The number of hydrogen-bond acceptors (Lipinski definition) is 3. The van der Waals surface area contributed by atoms with Gasteiger partial charge in [0, 0.05) is 10.9 Å². The summed E-state index contributed by atoms with van der Waals surface area (Å²) in [6.45, 7) is 1.94. The van der Waals surface area contributed by atoms with Crippen LogP contribution in [0.3, 0.4) is 0 Å². The summed E-state index contributed by atoms with van der Waals surface area (Å²) < 4.78 is 7.19. The molecule has 1 aromatic rings. The first-order chi connectivity index (χ1) is 8.77. The van der Waals surface area contributed by atoms with Crippen LogP contribution in [0.2, 0.25) is 4.34 Å². The molecule has 3 aliphatic rings. The molecule has 2 aliphatic heterocycles. The molecule has 0 bridgehead atoms. The van der Waals surface area contributed by atoms with Crippen molar-refractivity contribution in [2.75, 3.05) is 13.2 Å². The van der Waals surface area contributed by atoms with E-state index >= 15 is 0 Å². The summed E-state index contributed by atoms with van der Waals surface area (Å²) in [5, 5.41) is 3.68. The van der Waals surface area contributed by atoms with Crippen LogP contribution in [0.25, 0.3) is 0 Å². The van der Waals surface area contributed by atoms with Gasteiger partial charge in [-0.05, 0) is 56.2 Å². The van der Waals surface area contributed by atoms with Crippen molar-refractivity contribution in [3.63, 3.8) is 0 Å². The third kappa shape index (κ3) is 1.83. The molecular formula is C14H18ClNOS. The molecule has 3 heterocycles. The van der Waals surface area contributed by atoms with Crippen molar-refractivity contribution in [3.05, 3.63) is 20.8 Å². The predicted octanol–water partition coefficient (Wildman–Crippen LogP) is 3.33. The van der Waals surface area contributed by atoms with Gasteiger partial charge in [0.05, 0.1) is 10.9 Å². The Labute approximate surface area is 117 Å². The second-order valence-electron chi connectivity index (χ2n) is 5.85. The van der Waals surface area contributed by atoms with Crippen LogP contribution < -0.4 is 5.32 Å². The van der Waals surface area contributed by atoms with Gasteiger partial charge in [-0.2, -0.15) is 0 Å². The zero-order valence-electron chi connectivity index (χ0n) is 10.4. The lowest BCUT2D eigenvalue weighted by molar-refractivity contribution is -0.0880. The van der Waals surface area contributed by atoms with Crippen LogP contribution in [-0.2, 0) is 16.8 Å². The molecule has 2 unspecified atom stereocenters. The van der Waals surface area contributed by atoms with Crippen molar-refractivity contribution in [2.45, 2.75) is 43.7 Å².